The first kappa shape index (κ1) is 20.3. The summed E-state index contributed by atoms with van der Waals surface area (Å²) in [5.74, 6) is 1.07. The zero-order chi connectivity index (χ0) is 21.4. The largest absolute Gasteiger partial charge is 0.416 e. The molecule has 0 unspecified atom stereocenters. The van der Waals surface area contributed by atoms with Crippen molar-refractivity contribution in [1.82, 2.24) is 0 Å². The molecule has 3 aromatic rings. The van der Waals surface area contributed by atoms with Crippen molar-refractivity contribution in [3.05, 3.63) is 107 Å². The molecule has 158 valence electrons. The Bertz CT molecular complexity index is 1110. The molecule has 0 saturated heterocycles. The van der Waals surface area contributed by atoms with Gasteiger partial charge in [-0.05, 0) is 53.3 Å². The minimum Gasteiger partial charge on any atom is -0.378 e. The molecular weight excluding hydrogens is 415 g/mol. The van der Waals surface area contributed by atoms with E-state index >= 15 is 0 Å². The molecule has 5 heteroatoms. The predicted molar refractivity (Wildman–Crippen MR) is 120 cm³/mol. The van der Waals surface area contributed by atoms with Gasteiger partial charge in [-0.3, -0.25) is 0 Å². The van der Waals surface area contributed by atoms with E-state index in [0.29, 0.717) is 5.56 Å². The number of rotatable bonds is 4. The summed E-state index contributed by atoms with van der Waals surface area (Å²) in [7, 11) is 0. The molecule has 1 aliphatic carbocycles. The van der Waals surface area contributed by atoms with E-state index in [1.165, 1.54) is 28.2 Å². The minimum atomic E-state index is -4.36. The van der Waals surface area contributed by atoms with Crippen LogP contribution in [0.4, 0.5) is 18.9 Å². The first-order valence-corrected chi connectivity index (χ1v) is 11.4. The third-order valence-corrected chi connectivity index (χ3v) is 7.26. The molecule has 5 rings (SSSR count). The number of nitrogens with one attached hydrogen (secondary N) is 1. The summed E-state index contributed by atoms with van der Waals surface area (Å²) in [5.41, 5.74) is 3.14. The fraction of sp³-hybridized carbons (Fsp3) is 0.231. The molecule has 0 fully saturated rings. The normalized spacial score (nSPS) is 22.0. The number of thioether (sulfide) groups is 1. The van der Waals surface area contributed by atoms with Crippen LogP contribution < -0.4 is 5.32 Å². The highest BCUT2D eigenvalue weighted by atomic mass is 32.2. The topological polar surface area (TPSA) is 12.0 Å². The van der Waals surface area contributed by atoms with Gasteiger partial charge in [-0.25, -0.2) is 0 Å². The molecule has 0 aromatic heterocycles. The van der Waals surface area contributed by atoms with Gasteiger partial charge in [0.05, 0.1) is 11.6 Å². The number of anilines is 1. The highest BCUT2D eigenvalue weighted by Crippen LogP contribution is 2.51. The van der Waals surface area contributed by atoms with Crippen LogP contribution in [-0.4, -0.2) is 0 Å². The van der Waals surface area contributed by atoms with Crippen molar-refractivity contribution in [3.8, 4) is 0 Å². The second-order valence-corrected chi connectivity index (χ2v) is 9.13. The molecule has 31 heavy (non-hydrogen) atoms. The van der Waals surface area contributed by atoms with Gasteiger partial charge in [0.25, 0.3) is 0 Å². The van der Waals surface area contributed by atoms with Gasteiger partial charge in [0.2, 0.25) is 0 Å². The van der Waals surface area contributed by atoms with Crippen molar-refractivity contribution in [2.24, 2.45) is 5.92 Å². The number of benzene rings is 3. The number of hydrogen-bond acceptors (Lipinski definition) is 2. The van der Waals surface area contributed by atoms with E-state index in [4.69, 9.17) is 0 Å². The molecule has 0 amide bonds. The average Bonchev–Trinajstić information content (AvgIpc) is 3.28. The summed E-state index contributed by atoms with van der Waals surface area (Å²) in [6.45, 7) is 0. The van der Waals surface area contributed by atoms with Crippen molar-refractivity contribution >= 4 is 17.4 Å². The van der Waals surface area contributed by atoms with Gasteiger partial charge in [0.15, 0.2) is 0 Å². The molecular formula is C26H22F3NS. The molecule has 1 N–H and O–H groups in total. The average molecular weight is 438 g/mol. The molecule has 1 heterocycles. The number of halogens is 3. The van der Waals surface area contributed by atoms with E-state index in [1.54, 1.807) is 23.9 Å². The maximum atomic E-state index is 13.7. The Kier molecular flexibility index (Phi) is 5.30. The molecule has 3 atom stereocenters. The van der Waals surface area contributed by atoms with E-state index in [2.05, 4.69) is 41.7 Å². The number of fused-ring (bicyclic) bond motifs is 3. The molecule has 2 aliphatic rings. The zero-order valence-electron chi connectivity index (χ0n) is 16.8. The van der Waals surface area contributed by atoms with Crippen LogP contribution in [0.1, 0.15) is 40.6 Å². The summed E-state index contributed by atoms with van der Waals surface area (Å²) in [6, 6.07) is 22.2. The fourth-order valence-corrected chi connectivity index (χ4v) is 5.61. The maximum Gasteiger partial charge on any atom is 0.416 e. The van der Waals surface area contributed by atoms with Crippen molar-refractivity contribution < 1.29 is 13.2 Å². The van der Waals surface area contributed by atoms with Crippen molar-refractivity contribution in [2.45, 2.75) is 35.2 Å². The first-order valence-electron chi connectivity index (χ1n) is 10.4. The van der Waals surface area contributed by atoms with E-state index in [0.717, 1.165) is 17.9 Å². The molecule has 3 aromatic carbocycles. The van der Waals surface area contributed by atoms with Crippen LogP contribution in [0.2, 0.25) is 0 Å². The molecule has 1 aliphatic heterocycles. The molecule has 1 nitrogen and oxygen atoms in total. The lowest BCUT2D eigenvalue weighted by Gasteiger charge is -2.38. The molecule has 0 spiro atoms. The molecule has 0 radical (unpaired) electrons. The van der Waals surface area contributed by atoms with Gasteiger partial charge in [0, 0.05) is 22.3 Å². The van der Waals surface area contributed by atoms with Crippen LogP contribution in [0.3, 0.4) is 0 Å². The van der Waals surface area contributed by atoms with Crippen LogP contribution in [-0.2, 0) is 11.9 Å². The monoisotopic (exact) mass is 437 g/mol. The number of allylic oxidation sites excluding steroid dienone is 2. The van der Waals surface area contributed by atoms with E-state index < -0.39 is 11.7 Å². The van der Waals surface area contributed by atoms with E-state index in [9.17, 15) is 13.2 Å². The van der Waals surface area contributed by atoms with E-state index in [1.807, 2.05) is 24.3 Å². The van der Waals surface area contributed by atoms with Crippen LogP contribution in [0, 0.1) is 5.92 Å². The van der Waals surface area contributed by atoms with Gasteiger partial charge in [0.1, 0.15) is 0 Å². The smallest absolute Gasteiger partial charge is 0.378 e. The summed E-state index contributed by atoms with van der Waals surface area (Å²) < 4.78 is 41.0. The highest BCUT2D eigenvalue weighted by molar-refractivity contribution is 7.98. The minimum absolute atomic E-state index is 0.0769. The lowest BCUT2D eigenvalue weighted by Crippen LogP contribution is -2.30. The highest BCUT2D eigenvalue weighted by Gasteiger charge is 2.42. The van der Waals surface area contributed by atoms with E-state index in [-0.39, 0.29) is 17.9 Å². The quantitative estimate of drug-likeness (QED) is 0.330. The maximum absolute atomic E-state index is 13.7. The summed E-state index contributed by atoms with van der Waals surface area (Å²) >= 11 is 1.79. The Balaban J connectivity index is 1.45. The first-order chi connectivity index (χ1) is 15.0. The lowest BCUT2D eigenvalue weighted by molar-refractivity contribution is -0.138. The fourth-order valence-electron chi connectivity index (χ4n) is 4.75. The third kappa shape index (κ3) is 3.99. The summed E-state index contributed by atoms with van der Waals surface area (Å²) in [5, 5.41) is 3.45. The van der Waals surface area contributed by atoms with Crippen LogP contribution in [0.15, 0.2) is 89.8 Å². The van der Waals surface area contributed by atoms with Crippen molar-refractivity contribution in [3.63, 3.8) is 0 Å². The molecule has 0 saturated carbocycles. The number of alkyl halides is 3. The second kappa shape index (κ2) is 8.12. The summed E-state index contributed by atoms with van der Waals surface area (Å²) in [6.07, 6.45) is 0.692. The van der Waals surface area contributed by atoms with Gasteiger partial charge in [-0.1, -0.05) is 60.7 Å². The lowest BCUT2D eigenvalue weighted by atomic mass is 9.76. The van der Waals surface area contributed by atoms with Crippen molar-refractivity contribution in [2.75, 3.05) is 5.32 Å². The van der Waals surface area contributed by atoms with Crippen LogP contribution in [0.5, 0.6) is 0 Å². The Morgan fingerprint density at radius 2 is 1.68 bits per heavy atom. The van der Waals surface area contributed by atoms with Gasteiger partial charge in [-0.2, -0.15) is 13.2 Å². The summed E-state index contributed by atoms with van der Waals surface area (Å²) in [4.78, 5) is 1.22. The second-order valence-electron chi connectivity index (χ2n) is 8.08. The standard InChI is InChI=1S/C26H22F3NS/c27-26(28,29)23-12-5-4-9-21(23)25-20-11-6-10-19(20)22-15-17(13-14-24(22)30-25)16-31-18-7-2-1-3-8-18/h1-10,12-15,19-20,25,30H,11,16H2/t19-,20-,25-/m1/s1. The van der Waals surface area contributed by atoms with Gasteiger partial charge < -0.3 is 5.32 Å². The van der Waals surface area contributed by atoms with Crippen molar-refractivity contribution in [1.29, 1.82) is 0 Å². The SMILES string of the molecule is FC(F)(F)c1ccccc1[C@@H]1Nc2ccc(CSc3ccccc3)cc2[C@@H]2C=CC[C@H]21. The van der Waals surface area contributed by atoms with Crippen LogP contribution >= 0.6 is 11.8 Å². The molecule has 0 bridgehead atoms. The Labute approximate surface area is 184 Å². The number of hydrogen-bond donors (Lipinski definition) is 1. The Hall–Kier alpha value is -2.66. The third-order valence-electron chi connectivity index (χ3n) is 6.18. The Morgan fingerprint density at radius 1 is 0.903 bits per heavy atom. The Morgan fingerprint density at radius 3 is 2.48 bits per heavy atom. The zero-order valence-corrected chi connectivity index (χ0v) is 17.6. The van der Waals surface area contributed by atoms with Gasteiger partial charge >= 0.3 is 6.18 Å². The van der Waals surface area contributed by atoms with Gasteiger partial charge in [-0.15, -0.1) is 11.8 Å². The predicted octanol–water partition coefficient (Wildman–Crippen LogP) is 7.82. The van der Waals surface area contributed by atoms with Crippen LogP contribution in [0.25, 0.3) is 0 Å².